The van der Waals surface area contributed by atoms with Crippen LogP contribution in [0, 0.1) is 0 Å². The first-order valence-corrected chi connectivity index (χ1v) is 9.52. The van der Waals surface area contributed by atoms with Crippen LogP contribution < -0.4 is 15.1 Å². The summed E-state index contributed by atoms with van der Waals surface area (Å²) in [5.41, 5.74) is -3.51. The smallest absolute Gasteiger partial charge is 0.497 e. The number of rotatable bonds is 3. The van der Waals surface area contributed by atoms with E-state index in [-0.39, 0.29) is 21.0 Å². The van der Waals surface area contributed by atoms with Crippen molar-refractivity contribution in [3.63, 3.8) is 0 Å². The Morgan fingerprint density at radius 1 is 1.13 bits per heavy atom. The third-order valence-electron chi connectivity index (χ3n) is 4.99. The highest BCUT2D eigenvalue weighted by Crippen LogP contribution is 2.37. The molecular weight excluding hydrogens is 383 g/mol. The number of ether oxygens (including phenoxy) is 2. The van der Waals surface area contributed by atoms with E-state index in [4.69, 9.17) is 33.9 Å². The summed E-state index contributed by atoms with van der Waals surface area (Å²) in [4.78, 5) is 13.0. The molecule has 166 valence electrons. The minimum atomic E-state index is -3.48. The van der Waals surface area contributed by atoms with Gasteiger partial charge in [-0.05, 0) is 66.7 Å². The molecule has 7 nitrogen and oxygen atoms in total. The maximum atomic E-state index is 13.0. The molecule has 2 fully saturated rings. The molecule has 2 aliphatic heterocycles. The molecule has 2 aliphatic rings. The number of methoxy groups -OCH3 is 1. The Bertz CT molecular complexity index is 1160. The van der Waals surface area contributed by atoms with Gasteiger partial charge >= 0.3 is 13.2 Å². The van der Waals surface area contributed by atoms with E-state index < -0.39 is 68.7 Å². The second-order valence-electron chi connectivity index (χ2n) is 9.01. The van der Waals surface area contributed by atoms with E-state index in [0.717, 1.165) is 18.2 Å². The Kier molecular flexibility index (Phi) is 3.24. The predicted molar refractivity (Wildman–Crippen MR) is 119 cm³/mol. The van der Waals surface area contributed by atoms with Gasteiger partial charge in [0.25, 0.3) is 0 Å². The zero-order valence-corrected chi connectivity index (χ0v) is 18.2. The number of nitrogens with zero attached hydrogens (tertiary/aromatic N) is 2. The van der Waals surface area contributed by atoms with Gasteiger partial charge in [-0.1, -0.05) is 0 Å². The lowest BCUT2D eigenvalue weighted by Gasteiger charge is -2.37. The summed E-state index contributed by atoms with van der Waals surface area (Å²) in [6.45, 7) is -2.52. The summed E-state index contributed by atoms with van der Waals surface area (Å²) in [6, 6.07) is 3.24. The Labute approximate surface area is 196 Å². The van der Waals surface area contributed by atoms with Crippen LogP contribution in [0.3, 0.4) is 0 Å². The van der Waals surface area contributed by atoms with Crippen molar-refractivity contribution in [2.75, 3.05) is 37.9 Å². The number of benzene rings is 1. The van der Waals surface area contributed by atoms with Crippen LogP contribution in [-0.4, -0.2) is 67.9 Å². The van der Waals surface area contributed by atoms with Crippen molar-refractivity contribution in [2.45, 2.75) is 65.3 Å². The van der Waals surface area contributed by atoms with Crippen LogP contribution in [0.1, 0.15) is 63.5 Å². The molecule has 0 saturated carbocycles. The zero-order valence-electron chi connectivity index (χ0n) is 29.2. The normalized spacial score (nSPS) is 33.6. The minimum Gasteiger partial charge on any atom is -0.497 e. The van der Waals surface area contributed by atoms with E-state index in [2.05, 4.69) is 0 Å². The first kappa shape index (κ1) is 12.2. The first-order valence-electron chi connectivity index (χ1n) is 15.0. The van der Waals surface area contributed by atoms with E-state index in [1.54, 1.807) is 27.7 Å². The van der Waals surface area contributed by atoms with Crippen LogP contribution in [0.5, 0.6) is 5.75 Å². The molecule has 2 heterocycles. The topological polar surface area (TPSA) is 60.5 Å². The summed E-state index contributed by atoms with van der Waals surface area (Å²) in [5, 5.41) is 0. The molecule has 3 rings (SSSR count). The monoisotopic (exact) mass is 429 g/mol. The van der Waals surface area contributed by atoms with Gasteiger partial charge in [0, 0.05) is 37.1 Å². The van der Waals surface area contributed by atoms with Crippen molar-refractivity contribution < 1.29 is 38.7 Å². The van der Waals surface area contributed by atoms with Crippen LogP contribution in [-0.2, 0) is 14.0 Å². The van der Waals surface area contributed by atoms with Gasteiger partial charge in [-0.25, -0.2) is 4.79 Å². The number of carbonyl (C=O) groups is 1. The first-order chi connectivity index (χ1) is 18.0. The molecule has 0 unspecified atom stereocenters. The third-order valence-corrected chi connectivity index (χ3v) is 4.99. The lowest BCUT2D eigenvalue weighted by molar-refractivity contribution is 0.00578. The number of hydrogen-bond acceptors (Lipinski definition) is 6. The van der Waals surface area contributed by atoms with Crippen molar-refractivity contribution in [1.29, 1.82) is 0 Å². The molecule has 30 heavy (non-hydrogen) atoms. The molecule has 0 aliphatic carbocycles. The summed E-state index contributed by atoms with van der Waals surface area (Å²) in [6.07, 6.45) is -1.60. The van der Waals surface area contributed by atoms with Crippen molar-refractivity contribution in [1.82, 2.24) is 4.90 Å². The van der Waals surface area contributed by atoms with Gasteiger partial charge in [0.2, 0.25) is 0 Å². The highest BCUT2D eigenvalue weighted by atomic mass is 16.7. The molecule has 0 bridgehead atoms. The Morgan fingerprint density at radius 2 is 1.73 bits per heavy atom. The second kappa shape index (κ2) is 7.96. The molecule has 8 heteroatoms. The Hall–Kier alpha value is -1.93. The number of carbonyl (C=O) groups excluding carboxylic acids is 1. The standard InChI is InChI=1S/C22H35BN2O5/c1-20(2,3)28-19(26)25-13-11-24(12-14-25)16-9-10-18(27-8)17(15-16)23-29-21(4,5)22(6,7)30-23/h9-10,15H,11-14H2,1-8H3/i8D3,11D2,12D2,13D2,14D2. The molecular formula is C22H35BN2O5. The molecule has 0 aromatic heterocycles. The third kappa shape index (κ3) is 4.70. The quantitative estimate of drug-likeness (QED) is 0.689. The maximum absolute atomic E-state index is 13.0. The fourth-order valence-electron chi connectivity index (χ4n) is 2.71. The highest BCUT2D eigenvalue weighted by molar-refractivity contribution is 6.63. The Morgan fingerprint density at radius 3 is 2.27 bits per heavy atom. The van der Waals surface area contributed by atoms with Gasteiger partial charge in [-0.2, -0.15) is 0 Å². The van der Waals surface area contributed by atoms with Crippen molar-refractivity contribution in [2.24, 2.45) is 0 Å². The fraction of sp³-hybridized carbons (Fsp3) is 0.682. The second-order valence-corrected chi connectivity index (χ2v) is 9.01. The van der Waals surface area contributed by atoms with Crippen LogP contribution in [0.4, 0.5) is 10.5 Å². The number of amides is 1. The molecule has 1 amide bonds. The highest BCUT2D eigenvalue weighted by Gasteiger charge is 2.52. The van der Waals surface area contributed by atoms with Crippen LogP contribution >= 0.6 is 0 Å². The summed E-state index contributed by atoms with van der Waals surface area (Å²) in [5.74, 6) is -0.258. The molecule has 1 aromatic carbocycles. The van der Waals surface area contributed by atoms with Crippen molar-refractivity contribution in [3.8, 4) is 5.75 Å². The summed E-state index contributed by atoms with van der Waals surface area (Å²) < 4.78 is 114. The van der Waals surface area contributed by atoms with Gasteiger partial charge in [-0.15, -0.1) is 0 Å². The van der Waals surface area contributed by atoms with Gasteiger partial charge in [0.05, 0.1) is 33.3 Å². The minimum absolute atomic E-state index is 0.0837. The molecule has 2 saturated heterocycles. The lowest BCUT2D eigenvalue weighted by atomic mass is 9.78. The van der Waals surface area contributed by atoms with Gasteiger partial charge in [0.1, 0.15) is 11.4 Å². The maximum Gasteiger partial charge on any atom is 0.498 e. The number of piperazine rings is 1. The average molecular weight is 429 g/mol. The lowest BCUT2D eigenvalue weighted by Crippen LogP contribution is -2.50. The SMILES string of the molecule is [2H]C([2H])([2H])Oc1ccc(N2C([2H])([2H])C([2H])([2H])N(C(=O)OC(C)(C)C)C([2H])([2H])C2([2H])[2H])cc1B1OC(C)(C)C(C)(C)O1. The van der Waals surface area contributed by atoms with E-state index in [1.165, 1.54) is 20.8 Å². The van der Waals surface area contributed by atoms with Gasteiger partial charge in [-0.3, -0.25) is 0 Å². The van der Waals surface area contributed by atoms with Crippen molar-refractivity contribution in [3.05, 3.63) is 18.2 Å². The summed E-state index contributed by atoms with van der Waals surface area (Å²) in [7, 11) is -4.19. The average Bonchev–Trinajstić information content (AvgIpc) is 2.91. The van der Waals surface area contributed by atoms with E-state index in [9.17, 15) is 4.79 Å². The molecule has 0 N–H and O–H groups in total. The van der Waals surface area contributed by atoms with Crippen LogP contribution in [0.15, 0.2) is 18.2 Å². The van der Waals surface area contributed by atoms with Crippen LogP contribution in [0.25, 0.3) is 0 Å². The molecule has 0 spiro atoms. The number of hydrogen-bond donors (Lipinski definition) is 0. The Balaban J connectivity index is 2.23. The molecule has 0 radical (unpaired) electrons. The largest absolute Gasteiger partial charge is 0.498 e. The fourth-order valence-corrected chi connectivity index (χ4v) is 2.71. The van der Waals surface area contributed by atoms with Crippen LogP contribution in [0.2, 0.25) is 0 Å². The van der Waals surface area contributed by atoms with Gasteiger partial charge < -0.3 is 28.6 Å². The summed E-state index contributed by atoms with van der Waals surface area (Å²) >= 11 is 0. The number of anilines is 1. The van der Waals surface area contributed by atoms with Gasteiger partial charge in [0.15, 0.2) is 0 Å². The van der Waals surface area contributed by atoms with E-state index >= 15 is 0 Å². The molecule has 1 aromatic rings. The zero-order chi connectivity index (χ0) is 32.0. The predicted octanol–water partition coefficient (Wildman–Crippen LogP) is 3.05. The van der Waals surface area contributed by atoms with Crippen molar-refractivity contribution >= 4 is 24.4 Å². The van der Waals surface area contributed by atoms with E-state index in [1.807, 2.05) is 0 Å². The molecule has 0 atom stereocenters. The van der Waals surface area contributed by atoms with E-state index in [0.29, 0.717) is 0 Å².